The molecule has 2 fully saturated rings. The maximum absolute atomic E-state index is 6.26. The summed E-state index contributed by atoms with van der Waals surface area (Å²) in [6.07, 6.45) is 4.44. The van der Waals surface area contributed by atoms with Crippen LogP contribution >= 0.6 is 36.4 Å². The molecule has 0 amide bonds. The van der Waals surface area contributed by atoms with Crippen LogP contribution in [-0.2, 0) is 0 Å². The van der Waals surface area contributed by atoms with Crippen LogP contribution in [-0.4, -0.2) is 36.1 Å². The number of nitrogens with zero attached hydrogens (tertiary/aromatic N) is 2. The van der Waals surface area contributed by atoms with E-state index in [9.17, 15) is 0 Å². The molecule has 1 saturated heterocycles. The highest BCUT2D eigenvalue weighted by Crippen LogP contribution is 2.45. The van der Waals surface area contributed by atoms with Crippen molar-refractivity contribution in [2.45, 2.75) is 18.9 Å². The smallest absolute Gasteiger partial charge is 0.133 e. The lowest BCUT2D eigenvalue weighted by Crippen LogP contribution is -2.45. The molecule has 6 heteroatoms. The summed E-state index contributed by atoms with van der Waals surface area (Å²) >= 11 is 6.26. The second kappa shape index (κ2) is 7.65. The Kier molecular flexibility index (Phi) is 6.84. The van der Waals surface area contributed by atoms with Crippen LogP contribution in [0.25, 0.3) is 0 Å². The first-order chi connectivity index (χ1) is 8.36. The molecule has 1 N–H and O–H groups in total. The van der Waals surface area contributed by atoms with Crippen molar-refractivity contribution in [2.24, 2.45) is 5.92 Å². The first-order valence-corrected chi connectivity index (χ1v) is 6.79. The average Bonchev–Trinajstić information content (AvgIpc) is 3.18. The molecule has 1 aromatic heterocycles. The van der Waals surface area contributed by atoms with Crippen LogP contribution in [0.5, 0.6) is 0 Å². The summed E-state index contributed by atoms with van der Waals surface area (Å²) in [6.45, 7) is 4.40. The van der Waals surface area contributed by atoms with Crippen LogP contribution in [0.4, 0.5) is 0 Å². The summed E-state index contributed by atoms with van der Waals surface area (Å²) < 4.78 is 0. The van der Waals surface area contributed by atoms with Gasteiger partial charge in [0, 0.05) is 44.0 Å². The molecular weight excluding hydrogens is 305 g/mol. The zero-order valence-corrected chi connectivity index (χ0v) is 13.1. The molecule has 1 aliphatic carbocycles. The highest BCUT2D eigenvalue weighted by Gasteiger charge is 2.37. The molecule has 0 radical (unpaired) electrons. The molecule has 0 spiro atoms. The Labute approximate surface area is 131 Å². The number of piperazine rings is 1. The van der Waals surface area contributed by atoms with E-state index in [4.69, 9.17) is 11.6 Å². The fraction of sp³-hybridized carbons (Fsp3) is 0.615. The number of nitrogens with one attached hydrogen (secondary N) is 1. The van der Waals surface area contributed by atoms with Gasteiger partial charge in [0.25, 0.3) is 0 Å². The van der Waals surface area contributed by atoms with Crippen molar-refractivity contribution in [3.63, 3.8) is 0 Å². The second-order valence-corrected chi connectivity index (χ2v) is 5.31. The number of aromatic nitrogens is 1. The van der Waals surface area contributed by atoms with E-state index >= 15 is 0 Å². The minimum absolute atomic E-state index is 0. The Balaban J connectivity index is 0.000000902. The molecule has 1 aromatic rings. The Morgan fingerprint density at radius 3 is 2.53 bits per heavy atom. The molecule has 2 heterocycles. The van der Waals surface area contributed by atoms with Crippen molar-refractivity contribution in [2.75, 3.05) is 26.2 Å². The number of hydrogen-bond donors (Lipinski definition) is 1. The number of halogens is 3. The Hall–Kier alpha value is -0.0600. The van der Waals surface area contributed by atoms with E-state index in [0.717, 1.165) is 32.1 Å². The van der Waals surface area contributed by atoms with Gasteiger partial charge in [0.1, 0.15) is 5.15 Å². The molecule has 0 aromatic carbocycles. The van der Waals surface area contributed by atoms with E-state index in [1.54, 1.807) is 6.20 Å². The SMILES string of the molecule is Cl.Cl.Clc1ncccc1[C@H](C1CC1)N1CCNCC1. The molecule has 1 atom stereocenters. The maximum Gasteiger partial charge on any atom is 0.133 e. The number of hydrogen-bond acceptors (Lipinski definition) is 3. The highest BCUT2D eigenvalue weighted by molar-refractivity contribution is 6.30. The third-order valence-electron chi connectivity index (χ3n) is 3.72. The van der Waals surface area contributed by atoms with Crippen molar-refractivity contribution in [1.29, 1.82) is 0 Å². The normalized spacial score (nSPS) is 21.1. The van der Waals surface area contributed by atoms with Crippen molar-refractivity contribution < 1.29 is 0 Å². The van der Waals surface area contributed by atoms with Gasteiger partial charge in [0.05, 0.1) is 0 Å². The molecular formula is C13H20Cl3N3. The van der Waals surface area contributed by atoms with Gasteiger partial charge in [0.2, 0.25) is 0 Å². The van der Waals surface area contributed by atoms with E-state index < -0.39 is 0 Å². The first-order valence-electron chi connectivity index (χ1n) is 6.41. The fourth-order valence-electron chi connectivity index (χ4n) is 2.74. The Morgan fingerprint density at radius 2 is 1.95 bits per heavy atom. The Bertz CT molecular complexity index is 392. The van der Waals surface area contributed by atoms with Crippen LogP contribution in [0, 0.1) is 5.92 Å². The van der Waals surface area contributed by atoms with Crippen LogP contribution in [0.2, 0.25) is 5.15 Å². The molecule has 2 aliphatic rings. The van der Waals surface area contributed by atoms with Gasteiger partial charge < -0.3 is 5.32 Å². The largest absolute Gasteiger partial charge is 0.314 e. The zero-order chi connectivity index (χ0) is 11.7. The second-order valence-electron chi connectivity index (χ2n) is 4.95. The topological polar surface area (TPSA) is 28.2 Å². The van der Waals surface area contributed by atoms with E-state index in [-0.39, 0.29) is 24.8 Å². The van der Waals surface area contributed by atoms with Gasteiger partial charge in [-0.2, -0.15) is 0 Å². The standard InChI is InChI=1S/C13H18ClN3.2ClH/c14-13-11(2-1-5-16-13)12(10-3-4-10)17-8-6-15-7-9-17;;/h1-2,5,10,12,15H,3-4,6-9H2;2*1H/t12-;;/m0../s1. The number of pyridine rings is 1. The van der Waals surface area contributed by atoms with Crippen molar-refractivity contribution in [3.05, 3.63) is 29.0 Å². The van der Waals surface area contributed by atoms with Crippen molar-refractivity contribution >= 4 is 36.4 Å². The molecule has 19 heavy (non-hydrogen) atoms. The molecule has 0 bridgehead atoms. The summed E-state index contributed by atoms with van der Waals surface area (Å²) in [6, 6.07) is 4.62. The minimum Gasteiger partial charge on any atom is -0.314 e. The molecule has 1 saturated carbocycles. The zero-order valence-electron chi connectivity index (χ0n) is 10.7. The molecule has 108 valence electrons. The van der Waals surface area contributed by atoms with Gasteiger partial charge in [-0.05, 0) is 24.8 Å². The lowest BCUT2D eigenvalue weighted by atomic mass is 10.0. The van der Waals surface area contributed by atoms with Crippen LogP contribution in [0.1, 0.15) is 24.4 Å². The molecule has 0 unspecified atom stereocenters. The third kappa shape index (κ3) is 3.96. The molecule has 3 rings (SSSR count). The fourth-order valence-corrected chi connectivity index (χ4v) is 2.97. The minimum atomic E-state index is 0. The summed E-state index contributed by atoms with van der Waals surface area (Å²) in [7, 11) is 0. The van der Waals surface area contributed by atoms with E-state index in [2.05, 4.69) is 21.3 Å². The third-order valence-corrected chi connectivity index (χ3v) is 4.04. The monoisotopic (exact) mass is 323 g/mol. The summed E-state index contributed by atoms with van der Waals surface area (Å²) in [4.78, 5) is 6.79. The van der Waals surface area contributed by atoms with E-state index in [1.807, 2.05) is 6.07 Å². The predicted molar refractivity (Wildman–Crippen MR) is 83.7 cm³/mol. The number of rotatable bonds is 3. The highest BCUT2D eigenvalue weighted by atomic mass is 35.5. The van der Waals surface area contributed by atoms with Crippen LogP contribution < -0.4 is 5.32 Å². The summed E-state index contributed by atoms with van der Waals surface area (Å²) in [5, 5.41) is 4.09. The summed E-state index contributed by atoms with van der Waals surface area (Å²) in [5.74, 6) is 0.787. The first kappa shape index (κ1) is 17.0. The summed E-state index contributed by atoms with van der Waals surface area (Å²) in [5.41, 5.74) is 1.22. The lowest BCUT2D eigenvalue weighted by molar-refractivity contribution is 0.156. The van der Waals surface area contributed by atoms with Crippen LogP contribution in [0.15, 0.2) is 18.3 Å². The lowest BCUT2D eigenvalue weighted by Gasteiger charge is -2.35. The van der Waals surface area contributed by atoms with Crippen molar-refractivity contribution in [3.8, 4) is 0 Å². The van der Waals surface area contributed by atoms with Gasteiger partial charge in [-0.15, -0.1) is 24.8 Å². The quantitative estimate of drug-likeness (QED) is 0.867. The van der Waals surface area contributed by atoms with E-state index in [1.165, 1.54) is 18.4 Å². The molecule has 1 aliphatic heterocycles. The van der Waals surface area contributed by atoms with E-state index in [0.29, 0.717) is 11.2 Å². The Morgan fingerprint density at radius 1 is 1.26 bits per heavy atom. The maximum atomic E-state index is 6.26. The van der Waals surface area contributed by atoms with Gasteiger partial charge >= 0.3 is 0 Å². The van der Waals surface area contributed by atoms with Gasteiger partial charge in [-0.1, -0.05) is 17.7 Å². The van der Waals surface area contributed by atoms with Gasteiger partial charge in [0.15, 0.2) is 0 Å². The van der Waals surface area contributed by atoms with Gasteiger partial charge in [-0.25, -0.2) is 4.98 Å². The van der Waals surface area contributed by atoms with Gasteiger partial charge in [-0.3, -0.25) is 4.90 Å². The van der Waals surface area contributed by atoms with Crippen LogP contribution in [0.3, 0.4) is 0 Å². The average molecular weight is 325 g/mol. The van der Waals surface area contributed by atoms with Crippen molar-refractivity contribution in [1.82, 2.24) is 15.2 Å². The molecule has 3 nitrogen and oxygen atoms in total. The predicted octanol–water partition coefficient (Wildman–Crippen LogP) is 2.93.